The van der Waals surface area contributed by atoms with Crippen LogP contribution in [0.4, 0.5) is 0 Å². The maximum Gasteiger partial charge on any atom is 0.230 e. The maximum atomic E-state index is 11.1. The molecule has 0 aromatic rings. The average molecular weight is 189 g/mol. The van der Waals surface area contributed by atoms with Crippen molar-refractivity contribution >= 4 is 5.78 Å². The van der Waals surface area contributed by atoms with Gasteiger partial charge in [0.2, 0.25) is 12.1 Å². The van der Waals surface area contributed by atoms with E-state index in [1.54, 1.807) is 0 Å². The summed E-state index contributed by atoms with van der Waals surface area (Å²) in [6, 6.07) is 0. The second-order valence-corrected chi connectivity index (χ2v) is 2.54. The van der Waals surface area contributed by atoms with Gasteiger partial charge < -0.3 is 25.4 Å². The van der Waals surface area contributed by atoms with Crippen LogP contribution in [0.2, 0.25) is 0 Å². The number of rotatable bonds is 2. The second-order valence-electron chi connectivity index (χ2n) is 2.54. The van der Waals surface area contributed by atoms with Crippen molar-refractivity contribution in [2.45, 2.75) is 12.4 Å². The van der Waals surface area contributed by atoms with E-state index in [2.05, 4.69) is 0 Å². The van der Waals surface area contributed by atoms with Gasteiger partial charge in [0.1, 0.15) is 5.70 Å². The molecule has 1 aliphatic rings. The van der Waals surface area contributed by atoms with E-state index in [0.29, 0.717) is 0 Å². The van der Waals surface area contributed by atoms with Crippen LogP contribution < -0.4 is 5.73 Å². The molecule has 0 fully saturated rings. The summed E-state index contributed by atoms with van der Waals surface area (Å²) >= 11 is 0. The number of carbonyl (C=O) groups excluding carboxylic acids is 1. The molecule has 2 atom stereocenters. The van der Waals surface area contributed by atoms with E-state index in [0.717, 1.165) is 0 Å². The lowest BCUT2D eigenvalue weighted by Gasteiger charge is -2.26. The molecule has 0 bridgehead atoms. The molecular formula is C7H11NO5. The van der Waals surface area contributed by atoms with Crippen molar-refractivity contribution in [3.8, 4) is 0 Å². The summed E-state index contributed by atoms with van der Waals surface area (Å²) in [5, 5.41) is 17.9. The number of ketones is 1. The summed E-state index contributed by atoms with van der Waals surface area (Å²) < 4.78 is 9.64. The van der Waals surface area contributed by atoms with Gasteiger partial charge in [-0.3, -0.25) is 4.79 Å². The van der Waals surface area contributed by atoms with E-state index in [1.807, 2.05) is 0 Å². The van der Waals surface area contributed by atoms with Crippen molar-refractivity contribution in [1.82, 2.24) is 0 Å². The minimum atomic E-state index is -1.10. The lowest BCUT2D eigenvalue weighted by molar-refractivity contribution is -0.170. The summed E-state index contributed by atoms with van der Waals surface area (Å²) in [4.78, 5) is 11.1. The summed E-state index contributed by atoms with van der Waals surface area (Å²) in [7, 11) is 1.31. The molecule has 6 nitrogen and oxygen atoms in total. The van der Waals surface area contributed by atoms with Crippen molar-refractivity contribution < 1.29 is 24.5 Å². The van der Waals surface area contributed by atoms with Crippen LogP contribution in [0.3, 0.4) is 0 Å². The largest absolute Gasteiger partial charge is 0.503 e. The Morgan fingerprint density at radius 3 is 2.77 bits per heavy atom. The molecule has 13 heavy (non-hydrogen) atoms. The van der Waals surface area contributed by atoms with E-state index in [1.165, 1.54) is 7.11 Å². The molecule has 0 aliphatic carbocycles. The first kappa shape index (κ1) is 9.97. The number of hydrogen-bond donors (Lipinski definition) is 3. The van der Waals surface area contributed by atoms with Gasteiger partial charge in [0.25, 0.3) is 0 Å². The van der Waals surface area contributed by atoms with Crippen LogP contribution in [-0.2, 0) is 14.3 Å². The minimum Gasteiger partial charge on any atom is -0.503 e. The molecule has 4 N–H and O–H groups in total. The van der Waals surface area contributed by atoms with Gasteiger partial charge in [-0.25, -0.2) is 0 Å². The number of aliphatic hydroxyl groups is 2. The Kier molecular flexibility index (Phi) is 2.86. The maximum absolute atomic E-state index is 11.1. The van der Waals surface area contributed by atoms with Gasteiger partial charge in [-0.05, 0) is 0 Å². The molecule has 2 unspecified atom stereocenters. The van der Waals surface area contributed by atoms with Crippen LogP contribution in [0.1, 0.15) is 0 Å². The quantitative estimate of drug-likeness (QED) is 0.496. The molecule has 1 rings (SSSR count). The first-order valence-electron chi connectivity index (χ1n) is 3.63. The first-order valence-corrected chi connectivity index (χ1v) is 3.63. The first-order chi connectivity index (χ1) is 6.11. The van der Waals surface area contributed by atoms with E-state index in [4.69, 9.17) is 20.3 Å². The summed E-state index contributed by atoms with van der Waals surface area (Å²) in [6.07, 6.45) is -2.08. The Labute approximate surface area is 74.6 Å². The van der Waals surface area contributed by atoms with Crippen LogP contribution in [0, 0.1) is 0 Å². The summed E-state index contributed by atoms with van der Waals surface area (Å²) in [6.45, 7) is -0.518. The van der Waals surface area contributed by atoms with Gasteiger partial charge in [-0.2, -0.15) is 0 Å². The van der Waals surface area contributed by atoms with Crippen LogP contribution in [0.25, 0.3) is 0 Å². The molecule has 0 saturated carbocycles. The third-order valence-electron chi connectivity index (χ3n) is 1.72. The molecule has 74 valence electrons. The highest BCUT2D eigenvalue weighted by atomic mass is 16.7. The SMILES string of the molecule is COC1OC(CO)C(=O)C(O)=C1N. The molecule has 1 aliphatic heterocycles. The van der Waals surface area contributed by atoms with Crippen LogP contribution in [-0.4, -0.2) is 42.1 Å². The average Bonchev–Trinajstić information content (AvgIpc) is 2.15. The Morgan fingerprint density at radius 2 is 2.31 bits per heavy atom. The van der Waals surface area contributed by atoms with Gasteiger partial charge >= 0.3 is 0 Å². The zero-order valence-electron chi connectivity index (χ0n) is 7.06. The number of aliphatic hydroxyl groups excluding tert-OH is 2. The second kappa shape index (κ2) is 3.73. The fraction of sp³-hybridized carbons (Fsp3) is 0.571. The Morgan fingerprint density at radius 1 is 1.69 bits per heavy atom. The van der Waals surface area contributed by atoms with Crippen molar-refractivity contribution in [1.29, 1.82) is 0 Å². The molecule has 0 spiro atoms. The van der Waals surface area contributed by atoms with Gasteiger partial charge in [0.15, 0.2) is 11.9 Å². The van der Waals surface area contributed by atoms with E-state index >= 15 is 0 Å². The lowest BCUT2D eigenvalue weighted by Crippen LogP contribution is -2.43. The number of methoxy groups -OCH3 is 1. The van der Waals surface area contributed by atoms with Crippen LogP contribution >= 0.6 is 0 Å². The molecule has 6 heteroatoms. The zero-order valence-corrected chi connectivity index (χ0v) is 7.06. The number of nitrogens with two attached hydrogens (primary N) is 1. The van der Waals surface area contributed by atoms with E-state index < -0.39 is 30.5 Å². The van der Waals surface area contributed by atoms with Crippen molar-refractivity contribution in [2.24, 2.45) is 5.73 Å². The molecule has 0 radical (unpaired) electrons. The fourth-order valence-electron chi connectivity index (χ4n) is 0.999. The normalized spacial score (nSPS) is 29.5. The van der Waals surface area contributed by atoms with Crippen molar-refractivity contribution in [3.63, 3.8) is 0 Å². The highest BCUT2D eigenvalue weighted by Gasteiger charge is 2.35. The smallest absolute Gasteiger partial charge is 0.230 e. The Balaban J connectivity index is 2.93. The minimum absolute atomic E-state index is 0.169. The van der Waals surface area contributed by atoms with Crippen molar-refractivity contribution in [3.05, 3.63) is 11.5 Å². The zero-order chi connectivity index (χ0) is 10.0. The summed E-state index contributed by atoms with van der Waals surface area (Å²) in [5.41, 5.74) is 5.15. The molecule has 0 aromatic carbocycles. The number of ether oxygens (including phenoxy) is 2. The van der Waals surface area contributed by atoms with Crippen molar-refractivity contribution in [2.75, 3.05) is 13.7 Å². The molecule has 0 aromatic heterocycles. The van der Waals surface area contributed by atoms with Gasteiger partial charge in [0, 0.05) is 7.11 Å². The number of hydrogen-bond acceptors (Lipinski definition) is 6. The van der Waals surface area contributed by atoms with Gasteiger partial charge in [-0.1, -0.05) is 0 Å². The van der Waals surface area contributed by atoms with Gasteiger partial charge in [-0.15, -0.1) is 0 Å². The Bertz CT molecular complexity index is 249. The molecule has 1 heterocycles. The third kappa shape index (κ3) is 1.64. The molecular weight excluding hydrogens is 178 g/mol. The Hall–Kier alpha value is -1.11. The standard InChI is InChI=1S/C7H11NO5/c1-12-7-4(8)6(11)5(10)3(2-9)13-7/h3,7,9,11H,2,8H2,1H3. The monoisotopic (exact) mass is 189 g/mol. The highest BCUT2D eigenvalue weighted by Crippen LogP contribution is 2.18. The summed E-state index contributed by atoms with van der Waals surface area (Å²) in [5.74, 6) is -1.33. The van der Waals surface area contributed by atoms with Crippen LogP contribution in [0.15, 0.2) is 11.5 Å². The van der Waals surface area contributed by atoms with Crippen LogP contribution in [0.5, 0.6) is 0 Å². The third-order valence-corrected chi connectivity index (χ3v) is 1.72. The van der Waals surface area contributed by atoms with E-state index in [-0.39, 0.29) is 5.70 Å². The number of Topliss-reactive ketones (excluding diaryl/α,β-unsaturated/α-hetero) is 1. The predicted octanol–water partition coefficient (Wildman–Crippen LogP) is -1.35. The molecule has 0 amide bonds. The molecule has 0 saturated heterocycles. The highest BCUT2D eigenvalue weighted by molar-refractivity contribution is 5.98. The number of carbonyl (C=O) groups is 1. The van der Waals surface area contributed by atoms with E-state index in [9.17, 15) is 9.90 Å². The fourth-order valence-corrected chi connectivity index (χ4v) is 0.999. The van der Waals surface area contributed by atoms with Gasteiger partial charge in [0.05, 0.1) is 6.61 Å². The topological polar surface area (TPSA) is 102 Å². The lowest BCUT2D eigenvalue weighted by atomic mass is 10.1. The predicted molar refractivity (Wildman–Crippen MR) is 41.6 cm³/mol.